The summed E-state index contributed by atoms with van der Waals surface area (Å²) >= 11 is 0. The van der Waals surface area contributed by atoms with E-state index >= 15 is 0 Å². The van der Waals surface area contributed by atoms with Crippen LogP contribution >= 0.6 is 0 Å². The molecule has 98 valence electrons. The van der Waals surface area contributed by atoms with Crippen LogP contribution in [0.1, 0.15) is 12.8 Å². The van der Waals surface area contributed by atoms with Crippen molar-refractivity contribution in [2.45, 2.75) is 31.1 Å². The average molecular weight is 245 g/mol. The third-order valence-corrected chi connectivity index (χ3v) is 2.93. The van der Waals surface area contributed by atoms with E-state index in [9.17, 15) is 14.7 Å². The number of nitrogens with zero attached hydrogens (tertiary/aromatic N) is 1. The molecule has 3 unspecified atom stereocenters. The molecule has 1 heterocycles. The van der Waals surface area contributed by atoms with Gasteiger partial charge in [-0.15, -0.1) is 0 Å². The number of hydrogen-bond acceptors (Lipinski definition) is 5. The van der Waals surface area contributed by atoms with E-state index in [2.05, 4.69) is 0 Å². The highest BCUT2D eigenvalue weighted by atomic mass is 16.5. The second kappa shape index (κ2) is 5.95. The number of amides is 2. The fraction of sp³-hybridized carbons (Fsp3) is 0.800. The van der Waals surface area contributed by atoms with E-state index in [1.165, 1.54) is 12.0 Å². The van der Waals surface area contributed by atoms with Gasteiger partial charge in [-0.3, -0.25) is 9.59 Å². The number of carbonyl (C=O) groups excluding carboxylic acids is 2. The third-order valence-electron chi connectivity index (χ3n) is 2.93. The molecule has 0 aromatic rings. The van der Waals surface area contributed by atoms with Crippen molar-refractivity contribution < 1.29 is 19.4 Å². The lowest BCUT2D eigenvalue weighted by molar-refractivity contribution is -0.139. The lowest BCUT2D eigenvalue weighted by Crippen LogP contribution is -2.45. The van der Waals surface area contributed by atoms with Crippen molar-refractivity contribution in [3.8, 4) is 0 Å². The summed E-state index contributed by atoms with van der Waals surface area (Å²) in [7, 11) is 1.47. The summed E-state index contributed by atoms with van der Waals surface area (Å²) in [6.45, 7) is 0.354. The first-order valence-electron chi connectivity index (χ1n) is 5.49. The highest BCUT2D eigenvalue weighted by Crippen LogP contribution is 2.19. The zero-order chi connectivity index (χ0) is 13.0. The van der Waals surface area contributed by atoms with Crippen molar-refractivity contribution in [2.24, 2.45) is 11.5 Å². The van der Waals surface area contributed by atoms with Crippen molar-refractivity contribution in [1.29, 1.82) is 0 Å². The van der Waals surface area contributed by atoms with Crippen molar-refractivity contribution in [3.05, 3.63) is 0 Å². The number of aliphatic hydroxyl groups is 1. The molecular weight excluding hydrogens is 226 g/mol. The summed E-state index contributed by atoms with van der Waals surface area (Å²) in [5.41, 5.74) is 10.6. The van der Waals surface area contributed by atoms with Gasteiger partial charge in [-0.2, -0.15) is 0 Å². The highest BCUT2D eigenvalue weighted by molar-refractivity contribution is 5.87. The van der Waals surface area contributed by atoms with Crippen molar-refractivity contribution in [2.75, 3.05) is 20.2 Å². The van der Waals surface area contributed by atoms with Crippen LogP contribution in [-0.2, 0) is 14.3 Å². The van der Waals surface area contributed by atoms with Gasteiger partial charge in [-0.1, -0.05) is 0 Å². The molecule has 7 heteroatoms. The number of methoxy groups -OCH3 is 1. The Hall–Kier alpha value is -1.18. The van der Waals surface area contributed by atoms with Crippen LogP contribution in [0.4, 0.5) is 0 Å². The Morgan fingerprint density at radius 1 is 1.59 bits per heavy atom. The standard InChI is InChI=1S/C10H19N3O4/c1-17-7(4-11)3-9(15)13-5-6(14)2-8(13)10(12)16/h6-8,14H,2-5,11H2,1H3,(H2,12,16). The van der Waals surface area contributed by atoms with Gasteiger partial charge < -0.3 is 26.2 Å². The summed E-state index contributed by atoms with van der Waals surface area (Å²) in [5, 5.41) is 9.46. The fourth-order valence-corrected chi connectivity index (χ4v) is 1.93. The molecule has 1 saturated heterocycles. The Morgan fingerprint density at radius 3 is 2.71 bits per heavy atom. The van der Waals surface area contributed by atoms with E-state index in [-0.39, 0.29) is 37.9 Å². The van der Waals surface area contributed by atoms with Crippen LogP contribution in [0.15, 0.2) is 0 Å². The molecule has 0 bridgehead atoms. The van der Waals surface area contributed by atoms with Crippen LogP contribution in [0.5, 0.6) is 0 Å². The van der Waals surface area contributed by atoms with Gasteiger partial charge in [0, 0.05) is 26.6 Å². The lowest BCUT2D eigenvalue weighted by atomic mass is 10.1. The Morgan fingerprint density at radius 2 is 2.24 bits per heavy atom. The van der Waals surface area contributed by atoms with Crippen molar-refractivity contribution in [3.63, 3.8) is 0 Å². The number of likely N-dealkylation sites (tertiary alicyclic amines) is 1. The predicted octanol–water partition coefficient (Wildman–Crippen LogP) is -2.20. The van der Waals surface area contributed by atoms with Gasteiger partial charge in [0.1, 0.15) is 6.04 Å². The van der Waals surface area contributed by atoms with E-state index in [1.54, 1.807) is 0 Å². The first-order valence-corrected chi connectivity index (χ1v) is 5.49. The number of hydrogen-bond donors (Lipinski definition) is 3. The molecule has 17 heavy (non-hydrogen) atoms. The first kappa shape index (κ1) is 13.9. The van der Waals surface area contributed by atoms with Gasteiger partial charge in [0.05, 0.1) is 18.6 Å². The van der Waals surface area contributed by atoms with Crippen molar-refractivity contribution in [1.82, 2.24) is 4.90 Å². The summed E-state index contributed by atoms with van der Waals surface area (Å²) in [4.78, 5) is 24.4. The molecule has 0 radical (unpaired) electrons. The number of carbonyl (C=O) groups is 2. The molecule has 1 aliphatic heterocycles. The van der Waals surface area contributed by atoms with Crippen LogP contribution in [0, 0.1) is 0 Å². The number of aliphatic hydroxyl groups excluding tert-OH is 1. The minimum absolute atomic E-state index is 0.0868. The molecule has 3 atom stereocenters. The highest BCUT2D eigenvalue weighted by Gasteiger charge is 2.38. The summed E-state index contributed by atoms with van der Waals surface area (Å²) in [6.07, 6.45) is -0.797. The quantitative estimate of drug-likeness (QED) is 0.507. The summed E-state index contributed by atoms with van der Waals surface area (Å²) in [6, 6.07) is -0.729. The van der Waals surface area contributed by atoms with Gasteiger partial charge in [0.2, 0.25) is 11.8 Å². The summed E-state index contributed by atoms with van der Waals surface area (Å²) in [5.74, 6) is -0.876. The molecule has 1 rings (SSSR count). The molecule has 1 fully saturated rings. The first-order chi connectivity index (χ1) is 7.99. The van der Waals surface area contributed by atoms with Crippen LogP contribution in [0.25, 0.3) is 0 Å². The molecular formula is C10H19N3O4. The Labute approximate surface area is 99.7 Å². The smallest absolute Gasteiger partial charge is 0.240 e. The van der Waals surface area contributed by atoms with E-state index < -0.39 is 18.1 Å². The number of nitrogens with two attached hydrogens (primary N) is 2. The molecule has 7 nitrogen and oxygen atoms in total. The normalized spacial score (nSPS) is 25.9. The van der Waals surface area contributed by atoms with Crippen LogP contribution in [0.3, 0.4) is 0 Å². The second-order valence-electron chi connectivity index (χ2n) is 4.15. The average Bonchev–Trinajstić information content (AvgIpc) is 2.68. The predicted molar refractivity (Wildman–Crippen MR) is 59.8 cm³/mol. The minimum atomic E-state index is -0.729. The topological polar surface area (TPSA) is 119 Å². The van der Waals surface area contributed by atoms with E-state index in [1.807, 2.05) is 0 Å². The van der Waals surface area contributed by atoms with E-state index in [0.717, 1.165) is 0 Å². The number of ether oxygens (including phenoxy) is 1. The molecule has 0 aliphatic carbocycles. The van der Waals surface area contributed by atoms with Crippen LogP contribution < -0.4 is 11.5 Å². The Kier molecular flexibility index (Phi) is 4.86. The number of β-amino-alcohol motifs (C(OH)–C–C–N with tert-alkyl or cyclic N) is 1. The van der Waals surface area contributed by atoms with Crippen molar-refractivity contribution >= 4 is 11.8 Å². The number of rotatable bonds is 5. The largest absolute Gasteiger partial charge is 0.391 e. The minimum Gasteiger partial charge on any atom is -0.391 e. The molecule has 0 aromatic heterocycles. The van der Waals surface area contributed by atoms with Gasteiger partial charge in [0.15, 0.2) is 0 Å². The molecule has 2 amide bonds. The Balaban J connectivity index is 2.64. The second-order valence-corrected chi connectivity index (χ2v) is 4.15. The molecule has 0 spiro atoms. The lowest BCUT2D eigenvalue weighted by Gasteiger charge is -2.23. The maximum absolute atomic E-state index is 11.9. The molecule has 5 N–H and O–H groups in total. The zero-order valence-electron chi connectivity index (χ0n) is 9.83. The van der Waals surface area contributed by atoms with Gasteiger partial charge >= 0.3 is 0 Å². The maximum Gasteiger partial charge on any atom is 0.240 e. The zero-order valence-corrected chi connectivity index (χ0v) is 9.83. The third kappa shape index (κ3) is 3.39. The fourth-order valence-electron chi connectivity index (χ4n) is 1.93. The van der Waals surface area contributed by atoms with E-state index in [0.29, 0.717) is 0 Å². The van der Waals surface area contributed by atoms with Crippen LogP contribution in [0.2, 0.25) is 0 Å². The molecule has 0 aromatic carbocycles. The van der Waals surface area contributed by atoms with Gasteiger partial charge in [-0.25, -0.2) is 0 Å². The van der Waals surface area contributed by atoms with Gasteiger partial charge in [0.25, 0.3) is 0 Å². The van der Waals surface area contributed by atoms with Crippen LogP contribution in [-0.4, -0.2) is 60.3 Å². The maximum atomic E-state index is 11.9. The Bertz CT molecular complexity index is 293. The number of primary amides is 1. The van der Waals surface area contributed by atoms with E-state index in [4.69, 9.17) is 16.2 Å². The summed E-state index contributed by atoms with van der Waals surface area (Å²) < 4.78 is 5.00. The molecule has 0 saturated carbocycles. The van der Waals surface area contributed by atoms with Gasteiger partial charge in [-0.05, 0) is 0 Å². The monoisotopic (exact) mass is 245 g/mol. The molecule has 1 aliphatic rings. The SMILES string of the molecule is COC(CN)CC(=O)N1CC(O)CC1C(N)=O.